The number of rotatable bonds is 4. The second-order valence-electron chi connectivity index (χ2n) is 5.61. The molecule has 0 aliphatic carbocycles. The van der Waals surface area contributed by atoms with E-state index in [1.807, 2.05) is 81.4 Å². The molecule has 3 aromatic rings. The molecule has 2 aromatic carbocycles. The topological polar surface area (TPSA) is 25.8 Å². The lowest BCUT2D eigenvalue weighted by atomic mass is 10.1. The predicted molar refractivity (Wildman–Crippen MR) is 135 cm³/mol. The first-order valence-electron chi connectivity index (χ1n) is 11.6. The van der Waals surface area contributed by atoms with Crippen LogP contribution in [0.15, 0.2) is 60.7 Å². The van der Waals surface area contributed by atoms with E-state index >= 15 is 0 Å². The maximum absolute atomic E-state index is 4.90. The highest BCUT2D eigenvalue weighted by molar-refractivity contribution is 5.29. The van der Waals surface area contributed by atoms with Crippen molar-refractivity contribution in [2.45, 2.75) is 82.1 Å². The van der Waals surface area contributed by atoms with Gasteiger partial charge in [-0.3, -0.25) is 9.97 Å². The number of benzene rings is 2. The monoisotopic (exact) mass is 408 g/mol. The highest BCUT2D eigenvalue weighted by Gasteiger charge is 2.09. The van der Waals surface area contributed by atoms with Gasteiger partial charge in [0, 0.05) is 12.8 Å². The standard InChI is InChI=1S/C20H20N2.4C2H6/c1-15-19(13-17-9-5-3-6-10-17)22-20(16(2)21-15)14-18-11-7-4-8-12-18;4*1-2/h3-12H,13-14H2,1-2H3;4*1-2H3. The summed E-state index contributed by atoms with van der Waals surface area (Å²) in [6.45, 7) is 20.1. The number of aromatic nitrogens is 2. The molecular formula is C28H44N2. The Balaban J connectivity index is 0. The highest BCUT2D eigenvalue weighted by Crippen LogP contribution is 2.15. The number of aryl methyl sites for hydroxylation is 2. The van der Waals surface area contributed by atoms with E-state index in [0.29, 0.717) is 0 Å². The lowest BCUT2D eigenvalue weighted by molar-refractivity contribution is 0.891. The van der Waals surface area contributed by atoms with Crippen LogP contribution in [0.3, 0.4) is 0 Å². The Labute approximate surface area is 186 Å². The summed E-state index contributed by atoms with van der Waals surface area (Å²) in [5.41, 5.74) is 6.74. The van der Waals surface area contributed by atoms with Gasteiger partial charge in [-0.05, 0) is 25.0 Å². The number of hydrogen-bond acceptors (Lipinski definition) is 2. The van der Waals surface area contributed by atoms with Gasteiger partial charge >= 0.3 is 0 Å². The van der Waals surface area contributed by atoms with Gasteiger partial charge in [-0.15, -0.1) is 0 Å². The molecule has 3 rings (SSSR count). The fourth-order valence-corrected chi connectivity index (χ4v) is 2.62. The van der Waals surface area contributed by atoms with E-state index in [1.165, 1.54) is 11.1 Å². The zero-order valence-corrected chi connectivity index (χ0v) is 21.1. The molecule has 0 radical (unpaired) electrons. The number of nitrogens with zero attached hydrogens (tertiary/aromatic N) is 2. The molecule has 2 nitrogen and oxygen atoms in total. The van der Waals surface area contributed by atoms with E-state index in [0.717, 1.165) is 35.6 Å². The molecule has 0 amide bonds. The summed E-state index contributed by atoms with van der Waals surface area (Å²) in [7, 11) is 0. The molecule has 0 unspecified atom stereocenters. The van der Waals surface area contributed by atoms with Crippen LogP contribution in [0.1, 0.15) is 89.3 Å². The minimum Gasteiger partial charge on any atom is -0.255 e. The van der Waals surface area contributed by atoms with Gasteiger partial charge in [0.2, 0.25) is 0 Å². The molecule has 0 atom stereocenters. The largest absolute Gasteiger partial charge is 0.255 e. The van der Waals surface area contributed by atoms with Gasteiger partial charge < -0.3 is 0 Å². The summed E-state index contributed by atoms with van der Waals surface area (Å²) in [4.78, 5) is 9.60. The van der Waals surface area contributed by atoms with Crippen LogP contribution in [-0.4, -0.2) is 9.97 Å². The Morgan fingerprint density at radius 1 is 0.467 bits per heavy atom. The summed E-state index contributed by atoms with van der Waals surface area (Å²) >= 11 is 0. The maximum Gasteiger partial charge on any atom is 0.0663 e. The smallest absolute Gasteiger partial charge is 0.0663 e. The Hall–Kier alpha value is -2.48. The van der Waals surface area contributed by atoms with Crippen LogP contribution >= 0.6 is 0 Å². The summed E-state index contributed by atoms with van der Waals surface area (Å²) in [5, 5.41) is 0. The molecule has 0 aliphatic rings. The molecule has 1 aromatic heterocycles. The molecule has 166 valence electrons. The molecule has 1 heterocycles. The summed E-state index contributed by atoms with van der Waals surface area (Å²) in [6.07, 6.45) is 1.67. The second-order valence-corrected chi connectivity index (χ2v) is 5.61. The van der Waals surface area contributed by atoms with E-state index in [-0.39, 0.29) is 0 Å². The second kappa shape index (κ2) is 19.8. The third-order valence-electron chi connectivity index (χ3n) is 3.87. The van der Waals surface area contributed by atoms with Crippen LogP contribution in [0.4, 0.5) is 0 Å². The van der Waals surface area contributed by atoms with E-state index in [2.05, 4.69) is 48.5 Å². The van der Waals surface area contributed by atoms with Crippen LogP contribution < -0.4 is 0 Å². The zero-order chi connectivity index (χ0) is 23.4. The molecule has 0 saturated heterocycles. The van der Waals surface area contributed by atoms with E-state index < -0.39 is 0 Å². The first-order valence-corrected chi connectivity index (χ1v) is 11.6. The van der Waals surface area contributed by atoms with Crippen LogP contribution in [0, 0.1) is 13.8 Å². The summed E-state index contributed by atoms with van der Waals surface area (Å²) in [5.74, 6) is 0. The van der Waals surface area contributed by atoms with Gasteiger partial charge in [-0.1, -0.05) is 116 Å². The molecule has 0 spiro atoms. The Morgan fingerprint density at radius 3 is 1.07 bits per heavy atom. The fraction of sp³-hybridized carbons (Fsp3) is 0.429. The maximum atomic E-state index is 4.90. The molecule has 0 fully saturated rings. The SMILES string of the molecule is CC.CC.CC.CC.Cc1nc(C)c(Cc2ccccc2)nc1Cc1ccccc1. The van der Waals surface area contributed by atoms with Crippen molar-refractivity contribution in [3.05, 3.63) is 94.6 Å². The quantitative estimate of drug-likeness (QED) is 0.433. The van der Waals surface area contributed by atoms with Gasteiger partial charge in [0.15, 0.2) is 0 Å². The molecular weight excluding hydrogens is 364 g/mol. The first-order chi connectivity index (χ1) is 14.7. The van der Waals surface area contributed by atoms with Crippen LogP contribution in [0.5, 0.6) is 0 Å². The Kier molecular flexibility index (Phi) is 19.6. The predicted octanol–water partition coefficient (Wildman–Crippen LogP) is 8.38. The third kappa shape index (κ3) is 10.9. The molecule has 30 heavy (non-hydrogen) atoms. The Bertz CT molecular complexity index is 688. The Morgan fingerprint density at radius 2 is 0.767 bits per heavy atom. The van der Waals surface area contributed by atoms with E-state index in [4.69, 9.17) is 9.97 Å². The van der Waals surface area contributed by atoms with Gasteiger partial charge in [0.05, 0.1) is 22.8 Å². The van der Waals surface area contributed by atoms with Crippen LogP contribution in [-0.2, 0) is 12.8 Å². The van der Waals surface area contributed by atoms with Gasteiger partial charge in [-0.25, -0.2) is 0 Å². The molecule has 2 heteroatoms. The molecule has 0 saturated carbocycles. The fourth-order valence-electron chi connectivity index (χ4n) is 2.62. The van der Waals surface area contributed by atoms with Crippen LogP contribution in [0.25, 0.3) is 0 Å². The lowest BCUT2D eigenvalue weighted by Crippen LogP contribution is -2.06. The number of hydrogen-bond donors (Lipinski definition) is 0. The van der Waals surface area contributed by atoms with Crippen molar-refractivity contribution in [2.75, 3.05) is 0 Å². The summed E-state index contributed by atoms with van der Waals surface area (Å²) in [6, 6.07) is 20.9. The molecule has 0 aliphatic heterocycles. The van der Waals surface area contributed by atoms with Crippen molar-refractivity contribution in [3.63, 3.8) is 0 Å². The molecule has 0 N–H and O–H groups in total. The van der Waals surface area contributed by atoms with E-state index in [9.17, 15) is 0 Å². The normalized spacial score (nSPS) is 8.60. The summed E-state index contributed by atoms with van der Waals surface area (Å²) < 4.78 is 0. The van der Waals surface area contributed by atoms with Crippen molar-refractivity contribution in [3.8, 4) is 0 Å². The van der Waals surface area contributed by atoms with Crippen molar-refractivity contribution in [2.24, 2.45) is 0 Å². The van der Waals surface area contributed by atoms with Gasteiger partial charge in [-0.2, -0.15) is 0 Å². The van der Waals surface area contributed by atoms with Crippen molar-refractivity contribution < 1.29 is 0 Å². The average Bonchev–Trinajstić information content (AvgIpc) is 2.84. The van der Waals surface area contributed by atoms with E-state index in [1.54, 1.807) is 0 Å². The lowest BCUT2D eigenvalue weighted by Gasteiger charge is -2.11. The van der Waals surface area contributed by atoms with Crippen LogP contribution in [0.2, 0.25) is 0 Å². The van der Waals surface area contributed by atoms with Crippen molar-refractivity contribution in [1.29, 1.82) is 0 Å². The minimum absolute atomic E-state index is 0.835. The van der Waals surface area contributed by atoms with Crippen molar-refractivity contribution >= 4 is 0 Å². The van der Waals surface area contributed by atoms with Gasteiger partial charge in [0.25, 0.3) is 0 Å². The van der Waals surface area contributed by atoms with Gasteiger partial charge in [0.1, 0.15) is 0 Å². The average molecular weight is 409 g/mol. The molecule has 0 bridgehead atoms. The third-order valence-corrected chi connectivity index (χ3v) is 3.87. The minimum atomic E-state index is 0.835. The highest BCUT2D eigenvalue weighted by atomic mass is 14.8. The van der Waals surface area contributed by atoms with Crippen molar-refractivity contribution in [1.82, 2.24) is 9.97 Å². The zero-order valence-electron chi connectivity index (χ0n) is 21.1. The first kappa shape index (κ1) is 29.7.